The average Bonchev–Trinajstić information content (AvgIpc) is 2.46. The van der Waals surface area contributed by atoms with Gasteiger partial charge in [-0.05, 0) is 12.1 Å². The molecule has 6 heteroatoms. The highest BCUT2D eigenvalue weighted by Gasteiger charge is 2.11. The molecule has 0 fully saturated rings. The molecule has 5 nitrogen and oxygen atoms in total. The fourth-order valence-corrected chi connectivity index (χ4v) is 2.03. The van der Waals surface area contributed by atoms with Crippen LogP contribution >= 0.6 is 11.6 Å². The molecule has 3 aromatic rings. The number of hydrogen-bond donors (Lipinski definition) is 1. The lowest BCUT2D eigenvalue weighted by Gasteiger charge is -2.06. The van der Waals surface area contributed by atoms with Gasteiger partial charge in [-0.3, -0.25) is 14.8 Å². The SMILES string of the molecule is O=C(Nc1cncc(Cl)n1)c1ccnc2ccccc12. The molecule has 0 saturated carbocycles. The lowest BCUT2D eigenvalue weighted by atomic mass is 10.1. The molecule has 1 amide bonds. The fourth-order valence-electron chi connectivity index (χ4n) is 1.88. The molecule has 0 aliphatic heterocycles. The zero-order valence-corrected chi connectivity index (χ0v) is 11.0. The Labute approximate surface area is 119 Å². The van der Waals surface area contributed by atoms with E-state index in [0.29, 0.717) is 11.4 Å². The molecule has 0 saturated heterocycles. The van der Waals surface area contributed by atoms with Crippen molar-refractivity contribution in [3.8, 4) is 0 Å². The van der Waals surface area contributed by atoms with Crippen molar-refractivity contribution in [3.05, 3.63) is 59.6 Å². The van der Waals surface area contributed by atoms with Gasteiger partial charge in [-0.25, -0.2) is 4.98 Å². The van der Waals surface area contributed by atoms with E-state index < -0.39 is 0 Å². The highest BCUT2D eigenvalue weighted by atomic mass is 35.5. The fraction of sp³-hybridized carbons (Fsp3) is 0. The number of aromatic nitrogens is 3. The topological polar surface area (TPSA) is 67.8 Å². The number of carbonyl (C=O) groups excluding carboxylic acids is 1. The molecule has 0 aliphatic rings. The average molecular weight is 285 g/mol. The Kier molecular flexibility index (Phi) is 3.26. The molecule has 0 unspecified atom stereocenters. The van der Waals surface area contributed by atoms with Gasteiger partial charge in [-0.15, -0.1) is 0 Å². The number of benzene rings is 1. The van der Waals surface area contributed by atoms with Gasteiger partial charge in [0.2, 0.25) is 0 Å². The first-order valence-electron chi connectivity index (χ1n) is 5.87. The molecule has 98 valence electrons. The molecule has 2 aromatic heterocycles. The molecule has 3 rings (SSSR count). The van der Waals surface area contributed by atoms with Gasteiger partial charge < -0.3 is 5.32 Å². The van der Waals surface area contributed by atoms with Crippen LogP contribution in [0.3, 0.4) is 0 Å². The second-order valence-electron chi connectivity index (χ2n) is 4.06. The molecule has 0 aliphatic carbocycles. The molecule has 1 aromatic carbocycles. The standard InChI is InChI=1S/C14H9ClN4O/c15-12-7-16-8-13(18-12)19-14(20)10-5-6-17-11-4-2-1-3-9(10)11/h1-8H,(H,18,19,20). The third kappa shape index (κ3) is 2.44. The summed E-state index contributed by atoms with van der Waals surface area (Å²) in [4.78, 5) is 24.4. The Morgan fingerprint density at radius 2 is 2.00 bits per heavy atom. The minimum Gasteiger partial charge on any atom is -0.305 e. The first kappa shape index (κ1) is 12.5. The van der Waals surface area contributed by atoms with E-state index in [2.05, 4.69) is 20.3 Å². The number of fused-ring (bicyclic) bond motifs is 1. The lowest BCUT2D eigenvalue weighted by molar-refractivity contribution is 0.102. The van der Waals surface area contributed by atoms with Crippen molar-refractivity contribution >= 4 is 34.2 Å². The summed E-state index contributed by atoms with van der Waals surface area (Å²) in [6.07, 6.45) is 4.44. The van der Waals surface area contributed by atoms with E-state index in [4.69, 9.17) is 11.6 Å². The van der Waals surface area contributed by atoms with Gasteiger partial charge in [0.15, 0.2) is 5.82 Å². The first-order valence-corrected chi connectivity index (χ1v) is 6.24. The number of amides is 1. The van der Waals surface area contributed by atoms with E-state index >= 15 is 0 Å². The van der Waals surface area contributed by atoms with E-state index in [1.54, 1.807) is 12.3 Å². The van der Waals surface area contributed by atoms with Crippen molar-refractivity contribution in [2.75, 3.05) is 5.32 Å². The summed E-state index contributed by atoms with van der Waals surface area (Å²) in [5.74, 6) is 0.0311. The third-order valence-electron chi connectivity index (χ3n) is 2.74. The van der Waals surface area contributed by atoms with Crippen LogP contribution in [-0.2, 0) is 0 Å². The third-order valence-corrected chi connectivity index (χ3v) is 2.92. The molecular weight excluding hydrogens is 276 g/mol. The highest BCUT2D eigenvalue weighted by Crippen LogP contribution is 2.17. The van der Waals surface area contributed by atoms with Crippen LogP contribution in [0.4, 0.5) is 5.82 Å². The van der Waals surface area contributed by atoms with Crippen molar-refractivity contribution in [1.82, 2.24) is 15.0 Å². The van der Waals surface area contributed by atoms with Gasteiger partial charge in [-0.1, -0.05) is 29.8 Å². The number of para-hydroxylation sites is 1. The second kappa shape index (κ2) is 5.22. The van der Waals surface area contributed by atoms with Crippen LogP contribution in [0.1, 0.15) is 10.4 Å². The van der Waals surface area contributed by atoms with Crippen molar-refractivity contribution in [2.45, 2.75) is 0 Å². The Morgan fingerprint density at radius 3 is 2.85 bits per heavy atom. The molecule has 20 heavy (non-hydrogen) atoms. The summed E-state index contributed by atoms with van der Waals surface area (Å²) in [6, 6.07) is 9.10. The molecule has 2 heterocycles. The first-order chi connectivity index (χ1) is 9.74. The summed E-state index contributed by atoms with van der Waals surface area (Å²) >= 11 is 5.73. The predicted octanol–water partition coefficient (Wildman–Crippen LogP) is 2.93. The Bertz CT molecular complexity index is 785. The maximum Gasteiger partial charge on any atom is 0.257 e. The van der Waals surface area contributed by atoms with Gasteiger partial charge in [0, 0.05) is 11.6 Å². The Morgan fingerprint density at radius 1 is 1.15 bits per heavy atom. The molecule has 0 bridgehead atoms. The number of pyridine rings is 1. The zero-order chi connectivity index (χ0) is 13.9. The summed E-state index contributed by atoms with van der Waals surface area (Å²) in [5, 5.41) is 3.67. The van der Waals surface area contributed by atoms with Crippen LogP contribution in [-0.4, -0.2) is 20.9 Å². The van der Waals surface area contributed by atoms with Gasteiger partial charge in [0.1, 0.15) is 5.15 Å². The zero-order valence-electron chi connectivity index (χ0n) is 10.2. The summed E-state index contributed by atoms with van der Waals surface area (Å²) in [7, 11) is 0. The molecule has 0 spiro atoms. The normalized spacial score (nSPS) is 10.4. The van der Waals surface area contributed by atoms with E-state index in [9.17, 15) is 4.79 Å². The largest absolute Gasteiger partial charge is 0.305 e. The smallest absolute Gasteiger partial charge is 0.257 e. The Balaban J connectivity index is 1.97. The lowest BCUT2D eigenvalue weighted by Crippen LogP contribution is -2.13. The van der Waals surface area contributed by atoms with Gasteiger partial charge in [0.25, 0.3) is 5.91 Å². The monoisotopic (exact) mass is 284 g/mol. The van der Waals surface area contributed by atoms with E-state index in [0.717, 1.165) is 10.9 Å². The minimum atomic E-state index is -0.278. The van der Waals surface area contributed by atoms with Crippen LogP contribution in [0.15, 0.2) is 48.9 Å². The number of rotatable bonds is 2. The van der Waals surface area contributed by atoms with Crippen LogP contribution in [0.25, 0.3) is 10.9 Å². The van der Waals surface area contributed by atoms with Gasteiger partial charge >= 0.3 is 0 Å². The maximum absolute atomic E-state index is 12.3. The summed E-state index contributed by atoms with van der Waals surface area (Å²) in [5.41, 5.74) is 1.29. The predicted molar refractivity (Wildman–Crippen MR) is 76.7 cm³/mol. The van der Waals surface area contributed by atoms with Crippen molar-refractivity contribution < 1.29 is 4.79 Å². The summed E-state index contributed by atoms with van der Waals surface area (Å²) in [6.45, 7) is 0. The van der Waals surface area contributed by atoms with Crippen molar-refractivity contribution in [3.63, 3.8) is 0 Å². The molecule has 1 N–H and O–H groups in total. The molecular formula is C14H9ClN4O. The number of anilines is 1. The van der Waals surface area contributed by atoms with E-state index in [-0.39, 0.29) is 11.1 Å². The van der Waals surface area contributed by atoms with Crippen LogP contribution in [0, 0.1) is 0 Å². The quantitative estimate of drug-likeness (QED) is 0.785. The van der Waals surface area contributed by atoms with Gasteiger partial charge in [-0.2, -0.15) is 0 Å². The maximum atomic E-state index is 12.3. The molecule has 0 radical (unpaired) electrons. The molecule has 0 atom stereocenters. The van der Waals surface area contributed by atoms with Crippen LogP contribution in [0.2, 0.25) is 5.15 Å². The number of hydrogen-bond acceptors (Lipinski definition) is 4. The Hall–Kier alpha value is -2.53. The number of halogens is 1. The van der Waals surface area contributed by atoms with Crippen LogP contribution in [0.5, 0.6) is 0 Å². The van der Waals surface area contributed by atoms with Crippen LogP contribution < -0.4 is 5.32 Å². The summed E-state index contributed by atoms with van der Waals surface area (Å²) < 4.78 is 0. The second-order valence-corrected chi connectivity index (χ2v) is 4.44. The van der Waals surface area contributed by atoms with E-state index in [1.165, 1.54) is 12.4 Å². The van der Waals surface area contributed by atoms with Crippen molar-refractivity contribution in [1.29, 1.82) is 0 Å². The van der Waals surface area contributed by atoms with Gasteiger partial charge in [0.05, 0.1) is 23.5 Å². The number of carbonyl (C=O) groups is 1. The number of nitrogens with zero attached hydrogens (tertiary/aromatic N) is 3. The number of nitrogens with one attached hydrogen (secondary N) is 1. The van der Waals surface area contributed by atoms with E-state index in [1.807, 2.05) is 24.3 Å². The van der Waals surface area contributed by atoms with Crippen molar-refractivity contribution in [2.24, 2.45) is 0 Å². The highest BCUT2D eigenvalue weighted by molar-refractivity contribution is 6.29. The minimum absolute atomic E-state index is 0.224.